The number of carbonyl (C=O) groups excluding carboxylic acids is 3. The third-order valence-electron chi connectivity index (χ3n) is 3.62. The van der Waals surface area contributed by atoms with Crippen molar-refractivity contribution in [2.75, 3.05) is 24.9 Å². The van der Waals surface area contributed by atoms with E-state index in [9.17, 15) is 14.4 Å². The summed E-state index contributed by atoms with van der Waals surface area (Å²) in [6, 6.07) is 13.4. The van der Waals surface area contributed by atoms with Crippen LogP contribution in [0.4, 0.5) is 21.0 Å². The molecular weight excluding hydrogens is 428 g/mol. The van der Waals surface area contributed by atoms with E-state index in [2.05, 4.69) is 30.7 Å². The molecule has 0 aromatic heterocycles. The molecule has 0 atom stereocenters. The first kappa shape index (κ1) is 22.7. The van der Waals surface area contributed by atoms with Crippen LogP contribution in [-0.4, -0.2) is 42.4 Å². The second kappa shape index (κ2) is 10.8. The zero-order valence-electron chi connectivity index (χ0n) is 16.0. The molecule has 0 aliphatic rings. The van der Waals surface area contributed by atoms with Gasteiger partial charge in [0.25, 0.3) is 0 Å². The molecule has 0 aliphatic heterocycles. The Hall–Kier alpha value is -3.57. The van der Waals surface area contributed by atoms with Crippen molar-refractivity contribution in [1.82, 2.24) is 10.6 Å². The molecule has 0 unspecified atom stereocenters. The summed E-state index contributed by atoms with van der Waals surface area (Å²) in [7, 11) is 2.40. The quantitative estimate of drug-likeness (QED) is 0.415. The van der Waals surface area contributed by atoms with Gasteiger partial charge in [-0.3, -0.25) is 15.4 Å². The fourth-order valence-electron chi connectivity index (χ4n) is 2.25. The predicted octanol–water partition coefficient (Wildman–Crippen LogP) is 3.02. The van der Waals surface area contributed by atoms with E-state index in [1.54, 1.807) is 36.4 Å². The van der Waals surface area contributed by atoms with E-state index in [0.717, 1.165) is 0 Å². The number of thiocarbonyl (C=S) groups is 2. The molecule has 2 aromatic carbocycles. The van der Waals surface area contributed by atoms with Crippen molar-refractivity contribution in [3.05, 3.63) is 59.7 Å². The first-order valence-corrected chi connectivity index (χ1v) is 9.21. The minimum absolute atomic E-state index is 0.0427. The SMILES string of the molecule is COC(=O)NC(=S)Nc1ccc(C(=O)c2ccccc2)cc1NC(=S)NC(=O)OC. The van der Waals surface area contributed by atoms with Crippen molar-refractivity contribution in [2.24, 2.45) is 0 Å². The van der Waals surface area contributed by atoms with Crippen LogP contribution in [0.15, 0.2) is 48.5 Å². The number of hydrogen-bond donors (Lipinski definition) is 4. The van der Waals surface area contributed by atoms with Crippen LogP contribution in [-0.2, 0) is 9.47 Å². The molecule has 0 fully saturated rings. The number of benzene rings is 2. The third-order valence-corrected chi connectivity index (χ3v) is 4.02. The smallest absolute Gasteiger partial charge is 0.413 e. The maximum atomic E-state index is 12.8. The summed E-state index contributed by atoms with van der Waals surface area (Å²) < 4.78 is 8.99. The van der Waals surface area contributed by atoms with Crippen molar-refractivity contribution in [3.8, 4) is 0 Å². The molecule has 30 heavy (non-hydrogen) atoms. The van der Waals surface area contributed by atoms with Crippen LogP contribution >= 0.6 is 24.4 Å². The zero-order chi connectivity index (χ0) is 22.1. The van der Waals surface area contributed by atoms with Crippen molar-refractivity contribution in [3.63, 3.8) is 0 Å². The molecule has 2 amide bonds. The Morgan fingerprint density at radius 3 is 1.80 bits per heavy atom. The standard InChI is InChI=1S/C19H18N4O5S2/c1-27-18(25)22-16(29)20-13-9-8-12(15(24)11-6-4-3-5-7-11)10-14(13)21-17(30)23-19(26)28-2/h3-10H,1-2H3,(H2,20,22,25,29)(H2,21,23,26,30). The van der Waals surface area contributed by atoms with E-state index in [0.29, 0.717) is 22.5 Å². The topological polar surface area (TPSA) is 118 Å². The lowest BCUT2D eigenvalue weighted by molar-refractivity contribution is 0.103. The van der Waals surface area contributed by atoms with Gasteiger partial charge in [0, 0.05) is 11.1 Å². The van der Waals surface area contributed by atoms with Crippen LogP contribution in [0, 0.1) is 0 Å². The largest absolute Gasteiger partial charge is 0.453 e. The second-order valence-electron chi connectivity index (χ2n) is 5.60. The summed E-state index contributed by atoms with van der Waals surface area (Å²) in [5.74, 6) is -0.215. The fourth-order valence-corrected chi connectivity index (χ4v) is 2.64. The molecule has 0 saturated carbocycles. The minimum Gasteiger partial charge on any atom is -0.453 e. The predicted molar refractivity (Wildman–Crippen MR) is 120 cm³/mol. The average Bonchev–Trinajstić information content (AvgIpc) is 2.74. The summed E-state index contributed by atoms with van der Waals surface area (Å²) >= 11 is 10.1. The van der Waals surface area contributed by atoms with Crippen LogP contribution in [0.5, 0.6) is 0 Å². The molecule has 11 heteroatoms. The van der Waals surface area contributed by atoms with Crippen molar-refractivity contribution in [1.29, 1.82) is 0 Å². The maximum absolute atomic E-state index is 12.8. The molecule has 2 rings (SSSR count). The number of nitrogens with one attached hydrogen (secondary N) is 4. The Labute approximate surface area is 183 Å². The van der Waals surface area contributed by atoms with Gasteiger partial charge < -0.3 is 20.1 Å². The molecule has 156 valence electrons. The van der Waals surface area contributed by atoms with Gasteiger partial charge in [-0.25, -0.2) is 9.59 Å². The van der Waals surface area contributed by atoms with Crippen LogP contribution < -0.4 is 21.3 Å². The molecule has 0 aliphatic carbocycles. The van der Waals surface area contributed by atoms with E-state index in [1.165, 1.54) is 20.3 Å². The van der Waals surface area contributed by atoms with E-state index < -0.39 is 12.2 Å². The lowest BCUT2D eigenvalue weighted by Crippen LogP contribution is -2.35. The van der Waals surface area contributed by atoms with Gasteiger partial charge in [0.05, 0.1) is 25.6 Å². The second-order valence-corrected chi connectivity index (χ2v) is 6.41. The normalized spacial score (nSPS) is 9.67. The summed E-state index contributed by atoms with van der Waals surface area (Å²) in [6.45, 7) is 0. The number of anilines is 2. The lowest BCUT2D eigenvalue weighted by atomic mass is 10.0. The van der Waals surface area contributed by atoms with E-state index in [1.807, 2.05) is 6.07 Å². The van der Waals surface area contributed by atoms with Crippen LogP contribution in [0.25, 0.3) is 0 Å². The molecule has 0 saturated heterocycles. The van der Waals surface area contributed by atoms with Gasteiger partial charge in [-0.05, 0) is 42.6 Å². The number of amides is 2. The molecular formula is C19H18N4O5S2. The highest BCUT2D eigenvalue weighted by molar-refractivity contribution is 7.80. The molecule has 0 bridgehead atoms. The van der Waals surface area contributed by atoms with Crippen LogP contribution in [0.3, 0.4) is 0 Å². The van der Waals surface area contributed by atoms with Gasteiger partial charge in [0.1, 0.15) is 0 Å². The van der Waals surface area contributed by atoms with Gasteiger partial charge >= 0.3 is 12.2 Å². The number of ketones is 1. The molecule has 4 N–H and O–H groups in total. The Morgan fingerprint density at radius 1 is 0.733 bits per heavy atom. The molecule has 9 nitrogen and oxygen atoms in total. The highest BCUT2D eigenvalue weighted by atomic mass is 32.1. The number of hydrogen-bond acceptors (Lipinski definition) is 7. The van der Waals surface area contributed by atoms with Gasteiger partial charge in [-0.2, -0.15) is 0 Å². The highest BCUT2D eigenvalue weighted by Crippen LogP contribution is 2.25. The first-order chi connectivity index (χ1) is 14.3. The Bertz CT molecular complexity index is 982. The van der Waals surface area contributed by atoms with E-state index >= 15 is 0 Å². The highest BCUT2D eigenvalue weighted by Gasteiger charge is 2.15. The van der Waals surface area contributed by atoms with E-state index in [-0.39, 0.29) is 16.0 Å². The summed E-state index contributed by atoms with van der Waals surface area (Å²) in [5, 5.41) is 10.1. The average molecular weight is 447 g/mol. The minimum atomic E-state index is -0.763. The Balaban J connectivity index is 2.32. The summed E-state index contributed by atoms with van der Waals surface area (Å²) in [5.41, 5.74) is 1.58. The first-order valence-electron chi connectivity index (χ1n) is 8.39. The number of rotatable bonds is 4. The van der Waals surface area contributed by atoms with Crippen molar-refractivity contribution in [2.45, 2.75) is 0 Å². The molecule has 0 spiro atoms. The van der Waals surface area contributed by atoms with E-state index in [4.69, 9.17) is 24.4 Å². The van der Waals surface area contributed by atoms with Gasteiger partial charge in [-0.15, -0.1) is 0 Å². The number of methoxy groups -OCH3 is 2. The number of ether oxygens (including phenoxy) is 2. The van der Waals surface area contributed by atoms with Crippen LogP contribution in [0.1, 0.15) is 15.9 Å². The Kier molecular flexibility index (Phi) is 8.20. The van der Waals surface area contributed by atoms with Crippen molar-refractivity contribution < 1.29 is 23.9 Å². The molecule has 2 aromatic rings. The summed E-state index contributed by atoms with van der Waals surface area (Å²) in [6.07, 6.45) is -1.51. The molecule has 0 heterocycles. The number of carbonyl (C=O) groups is 3. The van der Waals surface area contributed by atoms with Gasteiger partial charge in [0.2, 0.25) is 0 Å². The zero-order valence-corrected chi connectivity index (χ0v) is 17.6. The third kappa shape index (κ3) is 6.50. The van der Waals surface area contributed by atoms with Gasteiger partial charge in [0.15, 0.2) is 16.0 Å². The molecule has 0 radical (unpaired) electrons. The lowest BCUT2D eigenvalue weighted by Gasteiger charge is -2.16. The summed E-state index contributed by atoms with van der Waals surface area (Å²) in [4.78, 5) is 35.5. The maximum Gasteiger partial charge on any atom is 0.413 e. The van der Waals surface area contributed by atoms with Crippen molar-refractivity contribution >= 4 is 64.0 Å². The fraction of sp³-hybridized carbons (Fsp3) is 0.105. The Morgan fingerprint density at radius 2 is 1.27 bits per heavy atom. The monoisotopic (exact) mass is 446 g/mol. The number of alkyl carbamates (subject to hydrolysis) is 2. The van der Waals surface area contributed by atoms with Gasteiger partial charge in [-0.1, -0.05) is 30.3 Å². The van der Waals surface area contributed by atoms with Crippen LogP contribution in [0.2, 0.25) is 0 Å².